The minimum Gasteiger partial charge on any atom is -0.497 e. The Hall–Kier alpha value is -3.59. The molecular formula is C25H27FN2O5S. The van der Waals surface area contributed by atoms with E-state index in [4.69, 9.17) is 9.47 Å². The fourth-order valence-corrected chi connectivity index (χ4v) is 4.21. The molecule has 0 heterocycles. The van der Waals surface area contributed by atoms with Crippen molar-refractivity contribution < 1.29 is 27.1 Å². The molecule has 0 fully saturated rings. The smallest absolute Gasteiger partial charge is 0.251 e. The van der Waals surface area contributed by atoms with Crippen molar-refractivity contribution in [1.29, 1.82) is 0 Å². The van der Waals surface area contributed by atoms with Gasteiger partial charge < -0.3 is 14.8 Å². The molecule has 0 aliphatic carbocycles. The van der Waals surface area contributed by atoms with Crippen molar-refractivity contribution in [2.45, 2.75) is 20.0 Å². The van der Waals surface area contributed by atoms with E-state index < -0.39 is 15.8 Å². The van der Waals surface area contributed by atoms with Gasteiger partial charge in [-0.3, -0.25) is 9.10 Å². The maximum absolute atomic E-state index is 13.4. The first kappa shape index (κ1) is 25.0. The standard InChI is InChI=1S/C25H27FN2O5S/c1-4-33-24-14-7-19(25(29)27-16-18-5-12-23(32-2)13-6-18)15-20(24)17-28(34(3,30)31)22-10-8-21(26)9-11-22/h5-15H,4,16-17H2,1-3H3,(H,27,29). The highest BCUT2D eigenvalue weighted by Gasteiger charge is 2.21. The summed E-state index contributed by atoms with van der Waals surface area (Å²) in [6.45, 7) is 2.41. The number of carbonyl (C=O) groups excluding carboxylic acids is 1. The van der Waals surface area contributed by atoms with Crippen LogP contribution in [0.5, 0.6) is 11.5 Å². The molecular weight excluding hydrogens is 459 g/mol. The molecule has 0 aliphatic heterocycles. The highest BCUT2D eigenvalue weighted by Crippen LogP contribution is 2.27. The van der Waals surface area contributed by atoms with Crippen molar-refractivity contribution in [3.63, 3.8) is 0 Å². The molecule has 0 unspecified atom stereocenters. The van der Waals surface area contributed by atoms with E-state index in [9.17, 15) is 17.6 Å². The topological polar surface area (TPSA) is 84.9 Å². The lowest BCUT2D eigenvalue weighted by Gasteiger charge is -2.24. The Morgan fingerprint density at radius 1 is 1.03 bits per heavy atom. The van der Waals surface area contributed by atoms with Crippen LogP contribution in [0.15, 0.2) is 66.7 Å². The number of rotatable bonds is 10. The summed E-state index contributed by atoms with van der Waals surface area (Å²) in [5.74, 6) is 0.406. The van der Waals surface area contributed by atoms with E-state index >= 15 is 0 Å². The first-order valence-electron chi connectivity index (χ1n) is 10.6. The van der Waals surface area contributed by atoms with Crippen molar-refractivity contribution in [2.24, 2.45) is 0 Å². The zero-order chi connectivity index (χ0) is 24.7. The van der Waals surface area contributed by atoms with Crippen LogP contribution in [0.25, 0.3) is 0 Å². The predicted molar refractivity (Wildman–Crippen MR) is 129 cm³/mol. The molecule has 34 heavy (non-hydrogen) atoms. The van der Waals surface area contributed by atoms with E-state index in [1.54, 1.807) is 25.3 Å². The second-order valence-electron chi connectivity index (χ2n) is 7.53. The maximum atomic E-state index is 13.4. The number of ether oxygens (including phenoxy) is 2. The number of benzene rings is 3. The summed E-state index contributed by atoms with van der Waals surface area (Å²) in [5, 5.41) is 2.86. The number of halogens is 1. The highest BCUT2D eigenvalue weighted by atomic mass is 32.2. The number of methoxy groups -OCH3 is 1. The van der Waals surface area contributed by atoms with Crippen LogP contribution in [0.4, 0.5) is 10.1 Å². The maximum Gasteiger partial charge on any atom is 0.251 e. The first-order chi connectivity index (χ1) is 16.2. The van der Waals surface area contributed by atoms with E-state index in [1.807, 2.05) is 31.2 Å². The van der Waals surface area contributed by atoms with Crippen molar-refractivity contribution in [3.05, 3.63) is 89.2 Å². The lowest BCUT2D eigenvalue weighted by atomic mass is 10.1. The molecule has 3 aromatic carbocycles. The second kappa shape index (κ2) is 11.0. The fraction of sp³-hybridized carbons (Fsp3) is 0.240. The van der Waals surface area contributed by atoms with Gasteiger partial charge in [0.2, 0.25) is 10.0 Å². The van der Waals surface area contributed by atoms with Crippen LogP contribution in [-0.4, -0.2) is 34.3 Å². The van der Waals surface area contributed by atoms with E-state index in [0.29, 0.717) is 35.7 Å². The summed E-state index contributed by atoms with van der Waals surface area (Å²) in [6.07, 6.45) is 1.07. The van der Waals surface area contributed by atoms with Gasteiger partial charge >= 0.3 is 0 Å². The molecule has 3 rings (SSSR count). The molecule has 1 N–H and O–H groups in total. The molecule has 0 radical (unpaired) electrons. The van der Waals surface area contributed by atoms with Crippen molar-refractivity contribution in [3.8, 4) is 11.5 Å². The van der Waals surface area contributed by atoms with E-state index in [-0.39, 0.29) is 12.5 Å². The van der Waals surface area contributed by atoms with Gasteiger partial charge in [0.25, 0.3) is 5.91 Å². The van der Waals surface area contributed by atoms with Gasteiger partial charge in [-0.05, 0) is 67.1 Å². The summed E-state index contributed by atoms with van der Waals surface area (Å²) in [6, 6.07) is 17.4. The van der Waals surface area contributed by atoms with E-state index in [0.717, 1.165) is 21.9 Å². The Morgan fingerprint density at radius 2 is 1.71 bits per heavy atom. The predicted octanol–water partition coefficient (Wildman–Crippen LogP) is 4.13. The number of hydrogen-bond donors (Lipinski definition) is 1. The van der Waals surface area contributed by atoms with Gasteiger partial charge in [-0.2, -0.15) is 0 Å². The third kappa shape index (κ3) is 6.48. The molecule has 7 nitrogen and oxygen atoms in total. The Bertz CT molecular complexity index is 1230. The number of anilines is 1. The number of amides is 1. The van der Waals surface area contributed by atoms with Crippen molar-refractivity contribution in [1.82, 2.24) is 5.32 Å². The largest absolute Gasteiger partial charge is 0.497 e. The average molecular weight is 487 g/mol. The minimum atomic E-state index is -3.70. The summed E-state index contributed by atoms with van der Waals surface area (Å²) in [4.78, 5) is 12.8. The second-order valence-corrected chi connectivity index (χ2v) is 9.44. The Balaban J connectivity index is 1.85. The Morgan fingerprint density at radius 3 is 2.29 bits per heavy atom. The normalized spacial score (nSPS) is 11.1. The molecule has 9 heteroatoms. The monoisotopic (exact) mass is 486 g/mol. The van der Waals surface area contributed by atoms with Crippen LogP contribution >= 0.6 is 0 Å². The van der Waals surface area contributed by atoms with Crippen LogP contribution in [0.3, 0.4) is 0 Å². The van der Waals surface area contributed by atoms with Gasteiger partial charge in [-0.1, -0.05) is 12.1 Å². The average Bonchev–Trinajstić information content (AvgIpc) is 2.82. The minimum absolute atomic E-state index is 0.0839. The molecule has 0 aliphatic rings. The number of carbonyl (C=O) groups is 1. The van der Waals surface area contributed by atoms with Crippen molar-refractivity contribution >= 4 is 21.6 Å². The Labute approximate surface area is 199 Å². The Kier molecular flexibility index (Phi) is 8.12. The molecule has 0 atom stereocenters. The van der Waals surface area contributed by atoms with Crippen LogP contribution < -0.4 is 19.1 Å². The third-order valence-corrected chi connectivity index (χ3v) is 6.20. The number of sulfonamides is 1. The molecule has 180 valence electrons. The summed E-state index contributed by atoms with van der Waals surface area (Å²) in [5.41, 5.74) is 2.08. The summed E-state index contributed by atoms with van der Waals surface area (Å²) < 4.78 is 50.4. The van der Waals surface area contributed by atoms with Gasteiger partial charge in [0.05, 0.1) is 32.2 Å². The lowest BCUT2D eigenvalue weighted by molar-refractivity contribution is 0.0950. The summed E-state index contributed by atoms with van der Waals surface area (Å²) >= 11 is 0. The van der Waals surface area contributed by atoms with Crippen LogP contribution in [-0.2, 0) is 23.1 Å². The van der Waals surface area contributed by atoms with E-state index in [1.165, 1.54) is 24.3 Å². The van der Waals surface area contributed by atoms with Gasteiger partial charge in [-0.25, -0.2) is 12.8 Å². The molecule has 0 aromatic heterocycles. The highest BCUT2D eigenvalue weighted by molar-refractivity contribution is 7.92. The molecule has 0 spiro atoms. The number of nitrogens with zero attached hydrogens (tertiary/aromatic N) is 1. The molecule has 0 saturated heterocycles. The van der Waals surface area contributed by atoms with E-state index in [2.05, 4.69) is 5.32 Å². The van der Waals surface area contributed by atoms with Gasteiger partial charge in [-0.15, -0.1) is 0 Å². The number of hydrogen-bond acceptors (Lipinski definition) is 5. The zero-order valence-electron chi connectivity index (χ0n) is 19.2. The number of nitrogens with one attached hydrogen (secondary N) is 1. The molecule has 0 saturated carbocycles. The lowest BCUT2D eigenvalue weighted by Crippen LogP contribution is -2.30. The van der Waals surface area contributed by atoms with Crippen LogP contribution in [0.2, 0.25) is 0 Å². The van der Waals surface area contributed by atoms with Crippen LogP contribution in [0.1, 0.15) is 28.4 Å². The van der Waals surface area contributed by atoms with Gasteiger partial charge in [0.1, 0.15) is 17.3 Å². The SMILES string of the molecule is CCOc1ccc(C(=O)NCc2ccc(OC)cc2)cc1CN(c1ccc(F)cc1)S(C)(=O)=O. The molecule has 3 aromatic rings. The van der Waals surface area contributed by atoms with Crippen molar-refractivity contribution in [2.75, 3.05) is 24.3 Å². The van der Waals surface area contributed by atoms with Gasteiger partial charge in [0.15, 0.2) is 0 Å². The first-order valence-corrected chi connectivity index (χ1v) is 12.5. The summed E-state index contributed by atoms with van der Waals surface area (Å²) in [7, 11) is -2.12. The molecule has 0 bridgehead atoms. The molecule has 1 amide bonds. The van der Waals surface area contributed by atoms with Gasteiger partial charge in [0, 0.05) is 17.7 Å². The van der Waals surface area contributed by atoms with Crippen LogP contribution in [0, 0.1) is 5.82 Å². The zero-order valence-corrected chi connectivity index (χ0v) is 20.1. The third-order valence-electron chi connectivity index (χ3n) is 5.06. The quantitative estimate of drug-likeness (QED) is 0.466. The fourth-order valence-electron chi connectivity index (χ4n) is 3.33.